The van der Waals surface area contributed by atoms with Crippen LogP contribution in [0, 0.1) is 11.3 Å². The lowest BCUT2D eigenvalue weighted by Crippen LogP contribution is -2.35. The van der Waals surface area contributed by atoms with Gasteiger partial charge in [0.15, 0.2) is 17.8 Å². The van der Waals surface area contributed by atoms with Crippen molar-refractivity contribution in [3.05, 3.63) is 23.8 Å². The number of carbonyl (C=O) groups is 1. The Bertz CT molecular complexity index is 668. The van der Waals surface area contributed by atoms with Crippen molar-refractivity contribution in [2.45, 2.75) is 39.3 Å². The van der Waals surface area contributed by atoms with Crippen molar-refractivity contribution in [2.75, 3.05) is 27.3 Å². The van der Waals surface area contributed by atoms with Crippen LogP contribution in [0.1, 0.15) is 32.4 Å². The topological polar surface area (TPSA) is 92.7 Å². The van der Waals surface area contributed by atoms with Crippen molar-refractivity contribution in [1.82, 2.24) is 0 Å². The third-order valence-corrected chi connectivity index (χ3v) is 4.50. The normalized spacial score (nSPS) is 27.0. The standard InChI is InChI=1S/C19H26O8/c1-19(2,3)18(21)23-8-12-15(27-17(20)16(12)26-9-22-4)11-5-6-13-14(7-11)25-10-24-13/h5-7,12,15-17,20H,8-10H2,1-4H3/t12-,15+,16+,17-/m1/s1. The van der Waals surface area contributed by atoms with Gasteiger partial charge in [-0.3, -0.25) is 4.79 Å². The molecule has 0 aliphatic carbocycles. The molecule has 0 saturated carbocycles. The molecule has 8 nitrogen and oxygen atoms in total. The van der Waals surface area contributed by atoms with Gasteiger partial charge in [0.2, 0.25) is 6.79 Å². The highest BCUT2D eigenvalue weighted by Gasteiger charge is 2.46. The van der Waals surface area contributed by atoms with E-state index in [0.29, 0.717) is 11.5 Å². The molecule has 4 atom stereocenters. The first-order valence-corrected chi connectivity index (χ1v) is 8.82. The maximum atomic E-state index is 12.2. The minimum Gasteiger partial charge on any atom is -0.465 e. The molecule has 2 aliphatic heterocycles. The molecule has 0 bridgehead atoms. The fourth-order valence-corrected chi connectivity index (χ4v) is 3.05. The summed E-state index contributed by atoms with van der Waals surface area (Å²) in [5, 5.41) is 10.3. The molecular formula is C19H26O8. The molecule has 0 aromatic heterocycles. The van der Waals surface area contributed by atoms with Gasteiger partial charge in [-0.25, -0.2) is 0 Å². The van der Waals surface area contributed by atoms with Crippen LogP contribution in [0.5, 0.6) is 11.5 Å². The Morgan fingerprint density at radius 3 is 2.70 bits per heavy atom. The maximum Gasteiger partial charge on any atom is 0.311 e. The highest BCUT2D eigenvalue weighted by molar-refractivity contribution is 5.75. The third-order valence-electron chi connectivity index (χ3n) is 4.50. The van der Waals surface area contributed by atoms with Crippen molar-refractivity contribution in [2.24, 2.45) is 11.3 Å². The highest BCUT2D eigenvalue weighted by atomic mass is 16.7. The summed E-state index contributed by atoms with van der Waals surface area (Å²) < 4.78 is 32.5. The van der Waals surface area contributed by atoms with Crippen molar-refractivity contribution in [3.8, 4) is 11.5 Å². The number of benzene rings is 1. The highest BCUT2D eigenvalue weighted by Crippen LogP contribution is 2.43. The van der Waals surface area contributed by atoms with Crippen LogP contribution < -0.4 is 9.47 Å². The van der Waals surface area contributed by atoms with Crippen LogP contribution in [0.2, 0.25) is 0 Å². The SMILES string of the molecule is COCO[C@H]1[C@H](COC(=O)C(C)(C)C)[C@H](c2ccc3c(c2)OCO3)O[C@H]1O. The average molecular weight is 382 g/mol. The summed E-state index contributed by atoms with van der Waals surface area (Å²) in [5.74, 6) is 0.512. The quantitative estimate of drug-likeness (QED) is 0.590. The number of carbonyl (C=O) groups excluding carboxylic acids is 1. The molecule has 2 heterocycles. The van der Waals surface area contributed by atoms with Gasteiger partial charge in [-0.1, -0.05) is 6.07 Å². The van der Waals surface area contributed by atoms with Gasteiger partial charge in [0.1, 0.15) is 12.9 Å². The van der Waals surface area contributed by atoms with Crippen LogP contribution in [-0.4, -0.2) is 50.8 Å². The lowest BCUT2D eigenvalue weighted by molar-refractivity contribution is -0.172. The number of methoxy groups -OCH3 is 1. The minimum atomic E-state index is -1.17. The first-order valence-electron chi connectivity index (χ1n) is 8.82. The van der Waals surface area contributed by atoms with E-state index in [9.17, 15) is 9.90 Å². The lowest BCUT2D eigenvalue weighted by atomic mass is 9.93. The van der Waals surface area contributed by atoms with Gasteiger partial charge in [-0.2, -0.15) is 0 Å². The Morgan fingerprint density at radius 2 is 2.00 bits per heavy atom. The van der Waals surface area contributed by atoms with Gasteiger partial charge >= 0.3 is 5.97 Å². The molecule has 3 rings (SSSR count). The number of ether oxygens (including phenoxy) is 6. The zero-order valence-corrected chi connectivity index (χ0v) is 16.0. The summed E-state index contributed by atoms with van der Waals surface area (Å²) in [6.07, 6.45) is -2.41. The fourth-order valence-electron chi connectivity index (χ4n) is 3.05. The fraction of sp³-hybridized carbons (Fsp3) is 0.632. The number of rotatable bonds is 6. The number of hydrogen-bond acceptors (Lipinski definition) is 8. The summed E-state index contributed by atoms with van der Waals surface area (Å²) in [6, 6.07) is 5.42. The van der Waals surface area contributed by atoms with E-state index in [4.69, 9.17) is 28.4 Å². The van der Waals surface area contributed by atoms with Gasteiger partial charge in [0, 0.05) is 7.11 Å². The second-order valence-corrected chi connectivity index (χ2v) is 7.61. The number of aliphatic hydroxyl groups excluding tert-OH is 1. The average Bonchev–Trinajstić information content (AvgIpc) is 3.20. The molecule has 1 aromatic carbocycles. The summed E-state index contributed by atoms with van der Waals surface area (Å²) >= 11 is 0. The molecule has 1 N–H and O–H groups in total. The molecule has 1 fully saturated rings. The van der Waals surface area contributed by atoms with E-state index in [2.05, 4.69) is 0 Å². The number of aliphatic hydroxyl groups is 1. The Hall–Kier alpha value is -1.87. The molecule has 0 radical (unpaired) electrons. The van der Waals surface area contributed by atoms with Crippen LogP contribution in [0.3, 0.4) is 0 Å². The number of fused-ring (bicyclic) bond motifs is 1. The lowest BCUT2D eigenvalue weighted by Gasteiger charge is -2.25. The molecule has 1 saturated heterocycles. The van der Waals surface area contributed by atoms with E-state index in [0.717, 1.165) is 5.56 Å². The van der Waals surface area contributed by atoms with Gasteiger partial charge in [0.25, 0.3) is 0 Å². The van der Waals surface area contributed by atoms with E-state index in [1.807, 2.05) is 6.07 Å². The smallest absolute Gasteiger partial charge is 0.311 e. The molecule has 1 aromatic rings. The van der Waals surface area contributed by atoms with Gasteiger partial charge < -0.3 is 33.5 Å². The minimum absolute atomic E-state index is 0.0112. The summed E-state index contributed by atoms with van der Waals surface area (Å²) in [5.41, 5.74) is 0.147. The maximum absolute atomic E-state index is 12.2. The van der Waals surface area contributed by atoms with Crippen molar-refractivity contribution in [1.29, 1.82) is 0 Å². The number of esters is 1. The summed E-state index contributed by atoms with van der Waals surface area (Å²) in [6.45, 7) is 5.54. The second-order valence-electron chi connectivity index (χ2n) is 7.61. The van der Waals surface area contributed by atoms with E-state index >= 15 is 0 Å². The molecule has 0 spiro atoms. The predicted molar refractivity (Wildman–Crippen MR) is 93.1 cm³/mol. The first-order chi connectivity index (χ1) is 12.8. The van der Waals surface area contributed by atoms with Crippen LogP contribution in [0.25, 0.3) is 0 Å². The van der Waals surface area contributed by atoms with E-state index < -0.39 is 29.8 Å². The summed E-state index contributed by atoms with van der Waals surface area (Å²) in [7, 11) is 1.49. The molecule has 0 amide bonds. The molecule has 27 heavy (non-hydrogen) atoms. The summed E-state index contributed by atoms with van der Waals surface area (Å²) in [4.78, 5) is 12.2. The Labute approximate surface area is 158 Å². The molecule has 8 heteroatoms. The van der Waals surface area contributed by atoms with Crippen molar-refractivity contribution >= 4 is 5.97 Å². The van der Waals surface area contributed by atoms with Crippen LogP contribution in [0.15, 0.2) is 18.2 Å². The van der Waals surface area contributed by atoms with Crippen LogP contribution >= 0.6 is 0 Å². The monoisotopic (exact) mass is 382 g/mol. The van der Waals surface area contributed by atoms with E-state index in [-0.39, 0.29) is 26.2 Å². The Morgan fingerprint density at radius 1 is 1.26 bits per heavy atom. The van der Waals surface area contributed by atoms with Gasteiger partial charge in [-0.15, -0.1) is 0 Å². The van der Waals surface area contributed by atoms with Gasteiger partial charge in [0.05, 0.1) is 24.0 Å². The molecule has 2 aliphatic rings. The van der Waals surface area contributed by atoms with E-state index in [1.165, 1.54) is 7.11 Å². The van der Waals surface area contributed by atoms with Crippen molar-refractivity contribution in [3.63, 3.8) is 0 Å². The number of hydrogen-bond donors (Lipinski definition) is 1. The Kier molecular flexibility index (Phi) is 5.90. The van der Waals surface area contributed by atoms with Crippen molar-refractivity contribution < 1.29 is 38.3 Å². The zero-order chi connectivity index (χ0) is 19.6. The largest absolute Gasteiger partial charge is 0.465 e. The molecule has 150 valence electrons. The predicted octanol–water partition coefficient (Wildman–Crippen LogP) is 2.00. The molecule has 0 unspecified atom stereocenters. The van der Waals surface area contributed by atoms with Crippen LogP contribution in [-0.2, 0) is 23.7 Å². The first kappa shape index (κ1) is 19.9. The van der Waals surface area contributed by atoms with Gasteiger partial charge in [-0.05, 0) is 38.5 Å². The van der Waals surface area contributed by atoms with Crippen LogP contribution in [0.4, 0.5) is 0 Å². The zero-order valence-electron chi connectivity index (χ0n) is 16.0. The molecular weight excluding hydrogens is 356 g/mol. The Balaban J connectivity index is 1.80. The third kappa shape index (κ3) is 4.35. The van der Waals surface area contributed by atoms with E-state index in [1.54, 1.807) is 32.9 Å². The second kappa shape index (κ2) is 8.02.